The summed E-state index contributed by atoms with van der Waals surface area (Å²) in [5.41, 5.74) is 3.39. The van der Waals surface area contributed by atoms with Crippen molar-refractivity contribution in [3.05, 3.63) is 103 Å². The second kappa shape index (κ2) is 8.36. The Morgan fingerprint density at radius 3 is 2.27 bits per heavy atom. The molecule has 4 rings (SSSR count). The van der Waals surface area contributed by atoms with E-state index in [1.165, 1.54) is 12.4 Å². The Morgan fingerprint density at radius 2 is 1.53 bits per heavy atom. The van der Waals surface area contributed by atoms with E-state index in [1.807, 2.05) is 36.4 Å². The van der Waals surface area contributed by atoms with Crippen LogP contribution in [0.5, 0.6) is 0 Å². The molecule has 1 amide bonds. The summed E-state index contributed by atoms with van der Waals surface area (Å²) in [6, 6.07) is 21.7. The molecule has 0 fully saturated rings. The number of anilines is 3. The van der Waals surface area contributed by atoms with Gasteiger partial charge >= 0.3 is 0 Å². The SMILES string of the molecule is C=CC(=O)Nc1ccc2ncnc(Nc3ccc(C(=O)c4ccccc4)cc3)c2c1. The molecule has 1 aromatic heterocycles. The van der Waals surface area contributed by atoms with Crippen LogP contribution in [0, 0.1) is 0 Å². The zero-order valence-electron chi connectivity index (χ0n) is 16.0. The molecule has 0 bridgehead atoms. The van der Waals surface area contributed by atoms with Gasteiger partial charge in [0.05, 0.1) is 5.52 Å². The maximum atomic E-state index is 12.6. The Bertz CT molecular complexity index is 1240. The summed E-state index contributed by atoms with van der Waals surface area (Å²) in [5.74, 6) is 0.272. The van der Waals surface area contributed by atoms with E-state index in [0.717, 1.165) is 16.6 Å². The van der Waals surface area contributed by atoms with Gasteiger partial charge in [0, 0.05) is 27.9 Å². The third-order valence-electron chi connectivity index (χ3n) is 4.53. The van der Waals surface area contributed by atoms with Gasteiger partial charge in [0.1, 0.15) is 12.1 Å². The minimum atomic E-state index is -0.292. The van der Waals surface area contributed by atoms with E-state index >= 15 is 0 Å². The number of rotatable bonds is 6. The summed E-state index contributed by atoms with van der Waals surface area (Å²) in [5, 5.41) is 6.74. The fourth-order valence-corrected chi connectivity index (χ4v) is 3.03. The molecule has 3 aromatic carbocycles. The lowest BCUT2D eigenvalue weighted by Crippen LogP contribution is -2.07. The highest BCUT2D eigenvalue weighted by molar-refractivity contribution is 6.09. The van der Waals surface area contributed by atoms with E-state index in [-0.39, 0.29) is 11.7 Å². The number of hydrogen-bond donors (Lipinski definition) is 2. The third kappa shape index (κ3) is 4.07. The minimum Gasteiger partial charge on any atom is -0.340 e. The Hall–Kier alpha value is -4.32. The molecule has 6 heteroatoms. The summed E-state index contributed by atoms with van der Waals surface area (Å²) in [6.45, 7) is 3.46. The molecule has 0 aliphatic heterocycles. The van der Waals surface area contributed by atoms with Crippen LogP contribution in [0.2, 0.25) is 0 Å². The van der Waals surface area contributed by atoms with Crippen LogP contribution in [-0.2, 0) is 4.79 Å². The highest BCUT2D eigenvalue weighted by Gasteiger charge is 2.10. The molecule has 0 radical (unpaired) electrons. The largest absolute Gasteiger partial charge is 0.340 e. The topological polar surface area (TPSA) is 84.0 Å². The molecule has 4 aromatic rings. The van der Waals surface area contributed by atoms with Crippen molar-refractivity contribution >= 4 is 39.8 Å². The van der Waals surface area contributed by atoms with Crippen molar-refractivity contribution in [3.8, 4) is 0 Å². The van der Waals surface area contributed by atoms with Crippen molar-refractivity contribution < 1.29 is 9.59 Å². The van der Waals surface area contributed by atoms with Crippen molar-refractivity contribution in [2.24, 2.45) is 0 Å². The Morgan fingerprint density at radius 1 is 0.833 bits per heavy atom. The monoisotopic (exact) mass is 394 g/mol. The molecule has 0 saturated heterocycles. The number of carbonyl (C=O) groups excluding carboxylic acids is 2. The fraction of sp³-hybridized carbons (Fsp3) is 0. The van der Waals surface area contributed by atoms with Crippen molar-refractivity contribution in [2.75, 3.05) is 10.6 Å². The second-order valence-electron chi connectivity index (χ2n) is 6.55. The molecular weight excluding hydrogens is 376 g/mol. The number of amides is 1. The number of nitrogens with one attached hydrogen (secondary N) is 2. The summed E-state index contributed by atoms with van der Waals surface area (Å²) in [6.07, 6.45) is 2.68. The first-order valence-electron chi connectivity index (χ1n) is 9.29. The van der Waals surface area contributed by atoms with Crippen molar-refractivity contribution in [1.82, 2.24) is 9.97 Å². The first-order valence-corrected chi connectivity index (χ1v) is 9.29. The smallest absolute Gasteiger partial charge is 0.247 e. The van der Waals surface area contributed by atoms with Crippen LogP contribution in [-0.4, -0.2) is 21.7 Å². The average molecular weight is 394 g/mol. The Kier molecular flexibility index (Phi) is 5.30. The summed E-state index contributed by atoms with van der Waals surface area (Å²) >= 11 is 0. The number of carbonyl (C=O) groups is 2. The molecule has 0 spiro atoms. The van der Waals surface area contributed by atoms with Crippen LogP contribution in [0.4, 0.5) is 17.2 Å². The van der Waals surface area contributed by atoms with Gasteiger partial charge in [-0.2, -0.15) is 0 Å². The predicted octanol–water partition coefficient (Wildman–Crippen LogP) is 4.73. The molecule has 6 nitrogen and oxygen atoms in total. The Balaban J connectivity index is 1.59. The van der Waals surface area contributed by atoms with Gasteiger partial charge in [-0.15, -0.1) is 0 Å². The maximum absolute atomic E-state index is 12.6. The second-order valence-corrected chi connectivity index (χ2v) is 6.55. The van der Waals surface area contributed by atoms with Gasteiger partial charge in [0.25, 0.3) is 0 Å². The highest BCUT2D eigenvalue weighted by atomic mass is 16.1. The maximum Gasteiger partial charge on any atom is 0.247 e. The normalized spacial score (nSPS) is 10.4. The van der Waals surface area contributed by atoms with Crippen molar-refractivity contribution in [1.29, 1.82) is 0 Å². The van der Waals surface area contributed by atoms with Crippen LogP contribution in [0.3, 0.4) is 0 Å². The fourth-order valence-electron chi connectivity index (χ4n) is 3.03. The third-order valence-corrected chi connectivity index (χ3v) is 4.53. The quantitative estimate of drug-likeness (QED) is 0.365. The summed E-state index contributed by atoms with van der Waals surface area (Å²) in [4.78, 5) is 32.7. The van der Waals surface area contributed by atoms with Gasteiger partial charge in [0.2, 0.25) is 5.91 Å². The van der Waals surface area contributed by atoms with Crippen LogP contribution in [0.25, 0.3) is 10.9 Å². The molecule has 1 heterocycles. The number of ketones is 1. The molecule has 146 valence electrons. The zero-order valence-corrected chi connectivity index (χ0v) is 16.0. The van der Waals surface area contributed by atoms with E-state index in [2.05, 4.69) is 27.2 Å². The van der Waals surface area contributed by atoms with Gasteiger partial charge in [-0.3, -0.25) is 9.59 Å². The van der Waals surface area contributed by atoms with Gasteiger partial charge in [0.15, 0.2) is 5.78 Å². The van der Waals surface area contributed by atoms with Crippen LogP contribution >= 0.6 is 0 Å². The van der Waals surface area contributed by atoms with E-state index in [4.69, 9.17) is 0 Å². The van der Waals surface area contributed by atoms with Gasteiger partial charge < -0.3 is 10.6 Å². The zero-order chi connectivity index (χ0) is 20.9. The highest BCUT2D eigenvalue weighted by Crippen LogP contribution is 2.26. The van der Waals surface area contributed by atoms with E-state index in [9.17, 15) is 9.59 Å². The van der Waals surface area contributed by atoms with Gasteiger partial charge in [-0.05, 0) is 48.5 Å². The van der Waals surface area contributed by atoms with E-state index < -0.39 is 0 Å². The lowest BCUT2D eigenvalue weighted by molar-refractivity contribution is -0.111. The average Bonchev–Trinajstić information content (AvgIpc) is 2.80. The molecule has 2 N–H and O–H groups in total. The van der Waals surface area contributed by atoms with Crippen LogP contribution < -0.4 is 10.6 Å². The standard InChI is InChI=1S/C24H18N4O2/c1-2-22(29)27-19-12-13-21-20(14-19)24(26-15-25-21)28-18-10-8-17(9-11-18)23(30)16-6-4-3-5-7-16/h2-15H,1H2,(H,27,29)(H,25,26,28). The number of benzene rings is 3. The summed E-state index contributed by atoms with van der Waals surface area (Å²) in [7, 11) is 0. The molecule has 0 aliphatic carbocycles. The van der Waals surface area contributed by atoms with Crippen LogP contribution in [0.1, 0.15) is 15.9 Å². The lowest BCUT2D eigenvalue weighted by atomic mass is 10.0. The number of aromatic nitrogens is 2. The van der Waals surface area contributed by atoms with Crippen molar-refractivity contribution in [3.63, 3.8) is 0 Å². The van der Waals surface area contributed by atoms with Crippen molar-refractivity contribution in [2.45, 2.75) is 0 Å². The molecule has 0 unspecified atom stereocenters. The molecule has 0 aliphatic rings. The van der Waals surface area contributed by atoms with E-state index in [1.54, 1.807) is 36.4 Å². The predicted molar refractivity (Wildman–Crippen MR) is 118 cm³/mol. The van der Waals surface area contributed by atoms with Gasteiger partial charge in [-0.1, -0.05) is 36.9 Å². The first-order chi connectivity index (χ1) is 14.6. The van der Waals surface area contributed by atoms with E-state index in [0.29, 0.717) is 22.6 Å². The summed E-state index contributed by atoms with van der Waals surface area (Å²) < 4.78 is 0. The number of fused-ring (bicyclic) bond motifs is 1. The minimum absolute atomic E-state index is 0.0303. The van der Waals surface area contributed by atoms with Crippen LogP contribution in [0.15, 0.2) is 91.8 Å². The first kappa shape index (κ1) is 19.0. The molecular formula is C24H18N4O2. The molecule has 0 atom stereocenters. The molecule has 0 saturated carbocycles. The Labute approximate surface area is 173 Å². The number of nitrogens with zero attached hydrogens (tertiary/aromatic N) is 2. The van der Waals surface area contributed by atoms with Gasteiger partial charge in [-0.25, -0.2) is 9.97 Å². The molecule has 30 heavy (non-hydrogen) atoms. The lowest BCUT2D eigenvalue weighted by Gasteiger charge is -2.10. The number of hydrogen-bond acceptors (Lipinski definition) is 5.